The molecule has 66 valence electrons. The summed E-state index contributed by atoms with van der Waals surface area (Å²) in [6.45, 7) is 0. The lowest BCUT2D eigenvalue weighted by molar-refractivity contribution is 0.466. The van der Waals surface area contributed by atoms with E-state index >= 15 is 0 Å². The van der Waals surface area contributed by atoms with E-state index in [9.17, 15) is 5.11 Å². The molecule has 0 unspecified atom stereocenters. The van der Waals surface area contributed by atoms with E-state index in [1.807, 2.05) is 12.1 Å². The number of nitriles is 1. The smallest absolute Gasteiger partial charge is 0.120 e. The molecule has 0 saturated heterocycles. The number of benzene rings is 1. The predicted octanol–water partition coefficient (Wildman–Crippen LogP) is 2.22. The highest BCUT2D eigenvalue weighted by Gasteiger charge is 2.22. The molecular formula is C11H11NO. The van der Waals surface area contributed by atoms with Crippen LogP contribution in [0.2, 0.25) is 0 Å². The molecule has 1 aromatic rings. The molecule has 0 atom stereocenters. The molecular weight excluding hydrogens is 162 g/mol. The van der Waals surface area contributed by atoms with Gasteiger partial charge in [0.2, 0.25) is 0 Å². The summed E-state index contributed by atoms with van der Waals surface area (Å²) in [5.74, 6) is 1.03. The standard InChI is InChI=1S/C11H11NO/c12-7-9-3-4-10(11(13)6-9)5-8-1-2-8/h3-4,6,8,13H,1-2,5H2. The average molecular weight is 173 g/mol. The lowest BCUT2D eigenvalue weighted by atomic mass is 10.1. The Hall–Kier alpha value is -1.49. The van der Waals surface area contributed by atoms with Gasteiger partial charge in [0.05, 0.1) is 11.6 Å². The Morgan fingerprint density at radius 2 is 2.23 bits per heavy atom. The molecule has 2 heteroatoms. The van der Waals surface area contributed by atoms with Crippen molar-refractivity contribution in [3.8, 4) is 11.8 Å². The summed E-state index contributed by atoms with van der Waals surface area (Å²) < 4.78 is 0. The Morgan fingerprint density at radius 1 is 1.46 bits per heavy atom. The van der Waals surface area contributed by atoms with Gasteiger partial charge in [-0.25, -0.2) is 0 Å². The van der Waals surface area contributed by atoms with Gasteiger partial charge in [-0.1, -0.05) is 6.07 Å². The van der Waals surface area contributed by atoms with E-state index in [4.69, 9.17) is 5.26 Å². The fourth-order valence-electron chi connectivity index (χ4n) is 1.44. The maximum absolute atomic E-state index is 9.55. The van der Waals surface area contributed by atoms with Gasteiger partial charge in [0.15, 0.2) is 0 Å². The van der Waals surface area contributed by atoms with Gasteiger partial charge in [0.25, 0.3) is 0 Å². The van der Waals surface area contributed by atoms with E-state index in [1.54, 1.807) is 6.07 Å². The van der Waals surface area contributed by atoms with E-state index in [1.165, 1.54) is 18.9 Å². The van der Waals surface area contributed by atoms with Crippen LogP contribution in [0.3, 0.4) is 0 Å². The molecule has 0 spiro atoms. The van der Waals surface area contributed by atoms with Gasteiger partial charge in [0, 0.05) is 0 Å². The topological polar surface area (TPSA) is 44.0 Å². The van der Waals surface area contributed by atoms with Crippen molar-refractivity contribution in [1.29, 1.82) is 5.26 Å². The van der Waals surface area contributed by atoms with Crippen LogP contribution in [0, 0.1) is 17.2 Å². The Kier molecular flexibility index (Phi) is 1.94. The zero-order valence-electron chi connectivity index (χ0n) is 7.33. The maximum atomic E-state index is 9.55. The molecule has 2 rings (SSSR count). The van der Waals surface area contributed by atoms with Crippen molar-refractivity contribution in [3.63, 3.8) is 0 Å². The van der Waals surface area contributed by atoms with E-state index in [-0.39, 0.29) is 5.75 Å². The summed E-state index contributed by atoms with van der Waals surface area (Å²) in [7, 11) is 0. The maximum Gasteiger partial charge on any atom is 0.120 e. The SMILES string of the molecule is N#Cc1ccc(CC2CC2)c(O)c1. The second kappa shape index (κ2) is 3.10. The molecule has 1 N–H and O–H groups in total. The molecule has 0 aromatic heterocycles. The minimum Gasteiger partial charge on any atom is -0.508 e. The van der Waals surface area contributed by atoms with E-state index < -0.39 is 0 Å². The van der Waals surface area contributed by atoms with Crippen molar-refractivity contribution >= 4 is 0 Å². The van der Waals surface area contributed by atoms with Crippen LogP contribution in [0.1, 0.15) is 24.0 Å². The minimum absolute atomic E-state index is 0.269. The summed E-state index contributed by atoms with van der Waals surface area (Å²) in [5, 5.41) is 18.1. The third-order valence-corrected chi connectivity index (χ3v) is 2.42. The molecule has 2 nitrogen and oxygen atoms in total. The van der Waals surface area contributed by atoms with Gasteiger partial charge in [-0.3, -0.25) is 0 Å². The largest absolute Gasteiger partial charge is 0.508 e. The molecule has 1 aliphatic rings. The Labute approximate surface area is 77.4 Å². The summed E-state index contributed by atoms with van der Waals surface area (Å²) in [6.07, 6.45) is 3.51. The van der Waals surface area contributed by atoms with Crippen LogP contribution in [-0.2, 0) is 6.42 Å². The first-order valence-corrected chi connectivity index (χ1v) is 4.51. The Balaban J connectivity index is 2.21. The van der Waals surface area contributed by atoms with Crippen LogP contribution < -0.4 is 0 Å². The van der Waals surface area contributed by atoms with Crippen LogP contribution in [0.25, 0.3) is 0 Å². The Morgan fingerprint density at radius 3 is 2.77 bits per heavy atom. The van der Waals surface area contributed by atoms with Gasteiger partial charge >= 0.3 is 0 Å². The zero-order chi connectivity index (χ0) is 9.26. The molecule has 1 aromatic carbocycles. The summed E-state index contributed by atoms with van der Waals surface area (Å²) in [6, 6.07) is 7.16. The van der Waals surface area contributed by atoms with Crippen LogP contribution in [0.4, 0.5) is 0 Å². The van der Waals surface area contributed by atoms with Crippen LogP contribution in [0.15, 0.2) is 18.2 Å². The van der Waals surface area contributed by atoms with Crippen molar-refractivity contribution in [1.82, 2.24) is 0 Å². The number of nitrogens with zero attached hydrogens (tertiary/aromatic N) is 1. The van der Waals surface area contributed by atoms with Crippen molar-refractivity contribution < 1.29 is 5.11 Å². The fraction of sp³-hybridized carbons (Fsp3) is 0.364. The molecule has 0 heterocycles. The highest BCUT2D eigenvalue weighted by Crippen LogP contribution is 2.35. The number of rotatable bonds is 2. The summed E-state index contributed by atoms with van der Waals surface area (Å²) in [5.41, 5.74) is 1.50. The highest BCUT2D eigenvalue weighted by molar-refractivity contribution is 5.41. The number of phenols is 1. The van der Waals surface area contributed by atoms with Gasteiger partial charge in [-0.15, -0.1) is 0 Å². The van der Waals surface area contributed by atoms with Crippen molar-refractivity contribution in [2.24, 2.45) is 5.92 Å². The molecule has 1 aliphatic carbocycles. The molecule has 0 amide bonds. The lowest BCUT2D eigenvalue weighted by Gasteiger charge is -2.02. The van der Waals surface area contributed by atoms with Gasteiger partial charge < -0.3 is 5.11 Å². The summed E-state index contributed by atoms with van der Waals surface area (Å²) >= 11 is 0. The molecule has 0 bridgehead atoms. The third kappa shape index (κ3) is 1.81. The van der Waals surface area contributed by atoms with Gasteiger partial charge in [-0.2, -0.15) is 5.26 Å². The molecule has 1 fully saturated rings. The molecule has 1 saturated carbocycles. The first kappa shape index (κ1) is 8.12. The van der Waals surface area contributed by atoms with E-state index in [0.717, 1.165) is 17.9 Å². The minimum atomic E-state index is 0.269. The molecule has 13 heavy (non-hydrogen) atoms. The van der Waals surface area contributed by atoms with Crippen LogP contribution >= 0.6 is 0 Å². The quantitative estimate of drug-likeness (QED) is 0.745. The highest BCUT2D eigenvalue weighted by atomic mass is 16.3. The van der Waals surface area contributed by atoms with Crippen LogP contribution in [-0.4, -0.2) is 5.11 Å². The van der Waals surface area contributed by atoms with Crippen molar-refractivity contribution in [2.45, 2.75) is 19.3 Å². The number of hydrogen-bond acceptors (Lipinski definition) is 2. The Bertz CT molecular complexity index is 361. The average Bonchev–Trinajstić information content (AvgIpc) is 2.92. The van der Waals surface area contributed by atoms with Gasteiger partial charge in [-0.05, 0) is 42.9 Å². The molecule has 0 aliphatic heterocycles. The second-order valence-electron chi connectivity index (χ2n) is 3.60. The zero-order valence-corrected chi connectivity index (χ0v) is 7.33. The van der Waals surface area contributed by atoms with Crippen molar-refractivity contribution in [3.05, 3.63) is 29.3 Å². The van der Waals surface area contributed by atoms with Gasteiger partial charge in [0.1, 0.15) is 5.75 Å². The first-order chi connectivity index (χ1) is 6.29. The fourth-order valence-corrected chi connectivity index (χ4v) is 1.44. The second-order valence-corrected chi connectivity index (χ2v) is 3.60. The molecule has 0 radical (unpaired) electrons. The number of phenolic OH excluding ortho intramolecular Hbond substituents is 1. The monoisotopic (exact) mass is 173 g/mol. The van der Waals surface area contributed by atoms with Crippen LogP contribution in [0.5, 0.6) is 5.75 Å². The number of aromatic hydroxyl groups is 1. The predicted molar refractivity (Wildman–Crippen MR) is 49.2 cm³/mol. The third-order valence-electron chi connectivity index (χ3n) is 2.42. The van der Waals surface area contributed by atoms with E-state index in [0.29, 0.717) is 5.56 Å². The number of hydrogen-bond donors (Lipinski definition) is 1. The van der Waals surface area contributed by atoms with E-state index in [2.05, 4.69) is 0 Å². The van der Waals surface area contributed by atoms with Crippen molar-refractivity contribution in [2.75, 3.05) is 0 Å². The normalized spacial score (nSPS) is 15.3. The lowest BCUT2D eigenvalue weighted by Crippen LogP contribution is -1.88. The first-order valence-electron chi connectivity index (χ1n) is 4.51. The summed E-state index contributed by atoms with van der Waals surface area (Å²) in [4.78, 5) is 0.